The van der Waals surface area contributed by atoms with Gasteiger partial charge in [-0.1, -0.05) is 19.1 Å². The molecule has 0 bridgehead atoms. The van der Waals surface area contributed by atoms with Gasteiger partial charge in [0.15, 0.2) is 0 Å². The second-order valence-electron chi connectivity index (χ2n) is 4.88. The van der Waals surface area contributed by atoms with Gasteiger partial charge < -0.3 is 15.3 Å². The van der Waals surface area contributed by atoms with Crippen LogP contribution >= 0.6 is 0 Å². The van der Waals surface area contributed by atoms with E-state index in [9.17, 15) is 0 Å². The van der Waals surface area contributed by atoms with E-state index in [1.54, 1.807) is 0 Å². The lowest BCUT2D eigenvalue weighted by Crippen LogP contribution is -2.33. The maximum absolute atomic E-state index is 9.11. The number of rotatable bonds is 7. The van der Waals surface area contributed by atoms with Crippen LogP contribution in [0.25, 0.3) is 0 Å². The van der Waals surface area contributed by atoms with Crippen LogP contribution in [0, 0.1) is 0 Å². The van der Waals surface area contributed by atoms with Crippen molar-refractivity contribution in [3.63, 3.8) is 0 Å². The van der Waals surface area contributed by atoms with Crippen LogP contribution in [0.4, 0.5) is 5.69 Å². The van der Waals surface area contributed by atoms with Gasteiger partial charge in [0.2, 0.25) is 0 Å². The average Bonchev–Trinajstić information content (AvgIpc) is 2.36. The molecule has 0 radical (unpaired) electrons. The van der Waals surface area contributed by atoms with Crippen LogP contribution in [-0.4, -0.2) is 30.8 Å². The summed E-state index contributed by atoms with van der Waals surface area (Å²) in [7, 11) is 0. The first-order valence-electron chi connectivity index (χ1n) is 6.81. The number of aliphatic hydroxyl groups is 1. The Kier molecular flexibility index (Phi) is 6.16. The summed E-state index contributed by atoms with van der Waals surface area (Å²) in [4.78, 5) is 2.21. The molecule has 0 aliphatic rings. The Hall–Kier alpha value is -1.06. The molecule has 0 saturated heterocycles. The second-order valence-corrected chi connectivity index (χ2v) is 4.88. The standard InChI is InChI=1S/C15H26N2O/c1-5-16-13(4)14-6-8-15(9-7-14)17(10-11-18)12(2)3/h6-9,12-13,16,18H,5,10-11H2,1-4H3. The first-order valence-corrected chi connectivity index (χ1v) is 6.81. The quantitative estimate of drug-likeness (QED) is 0.780. The van der Waals surface area contributed by atoms with Crippen molar-refractivity contribution < 1.29 is 5.11 Å². The Balaban J connectivity index is 2.80. The number of anilines is 1. The summed E-state index contributed by atoms with van der Waals surface area (Å²) in [6.07, 6.45) is 0. The Morgan fingerprint density at radius 1 is 1.17 bits per heavy atom. The van der Waals surface area contributed by atoms with Gasteiger partial charge in [-0.05, 0) is 45.0 Å². The van der Waals surface area contributed by atoms with Crippen LogP contribution in [0.1, 0.15) is 39.3 Å². The van der Waals surface area contributed by atoms with E-state index in [0.717, 1.165) is 6.54 Å². The number of aliphatic hydroxyl groups excluding tert-OH is 1. The van der Waals surface area contributed by atoms with Crippen LogP contribution in [0.2, 0.25) is 0 Å². The first-order chi connectivity index (χ1) is 8.60. The first kappa shape index (κ1) is 15.0. The molecule has 1 aromatic carbocycles. The van der Waals surface area contributed by atoms with Gasteiger partial charge in [0.05, 0.1) is 6.61 Å². The van der Waals surface area contributed by atoms with Crippen LogP contribution < -0.4 is 10.2 Å². The zero-order chi connectivity index (χ0) is 13.5. The smallest absolute Gasteiger partial charge is 0.0606 e. The molecular formula is C15H26N2O. The third-order valence-corrected chi connectivity index (χ3v) is 3.20. The molecule has 1 aromatic rings. The Morgan fingerprint density at radius 3 is 2.22 bits per heavy atom. The Morgan fingerprint density at radius 2 is 1.78 bits per heavy atom. The molecule has 0 spiro atoms. The minimum atomic E-state index is 0.188. The Labute approximate surface area is 111 Å². The van der Waals surface area contributed by atoms with E-state index in [2.05, 4.69) is 62.2 Å². The van der Waals surface area contributed by atoms with Crippen molar-refractivity contribution in [2.75, 3.05) is 24.6 Å². The fourth-order valence-electron chi connectivity index (χ4n) is 2.17. The molecule has 0 aromatic heterocycles. The number of hydrogen-bond acceptors (Lipinski definition) is 3. The molecule has 2 N–H and O–H groups in total. The van der Waals surface area contributed by atoms with Gasteiger partial charge in [0.25, 0.3) is 0 Å². The van der Waals surface area contributed by atoms with Gasteiger partial charge in [-0.3, -0.25) is 0 Å². The maximum atomic E-state index is 9.11. The van der Waals surface area contributed by atoms with Crippen molar-refractivity contribution in [2.45, 2.75) is 39.8 Å². The van der Waals surface area contributed by atoms with Gasteiger partial charge >= 0.3 is 0 Å². The van der Waals surface area contributed by atoms with Gasteiger partial charge in [0, 0.05) is 24.3 Å². The summed E-state index contributed by atoms with van der Waals surface area (Å²) in [5.74, 6) is 0. The van der Waals surface area contributed by atoms with Crippen molar-refractivity contribution in [2.24, 2.45) is 0 Å². The predicted octanol–water partition coefficient (Wildman–Crippen LogP) is 2.56. The van der Waals surface area contributed by atoms with Crippen LogP contribution in [-0.2, 0) is 0 Å². The third-order valence-electron chi connectivity index (χ3n) is 3.20. The molecule has 0 aliphatic heterocycles. The monoisotopic (exact) mass is 250 g/mol. The molecule has 3 heteroatoms. The predicted molar refractivity (Wildman–Crippen MR) is 78.1 cm³/mol. The van der Waals surface area contributed by atoms with Gasteiger partial charge in [-0.2, -0.15) is 0 Å². The molecule has 0 aliphatic carbocycles. The van der Waals surface area contributed by atoms with E-state index < -0.39 is 0 Å². The van der Waals surface area contributed by atoms with E-state index >= 15 is 0 Å². The summed E-state index contributed by atoms with van der Waals surface area (Å²) in [5, 5.41) is 12.5. The zero-order valence-electron chi connectivity index (χ0n) is 12.0. The highest BCUT2D eigenvalue weighted by Crippen LogP contribution is 2.20. The van der Waals surface area contributed by atoms with E-state index in [0.29, 0.717) is 18.6 Å². The van der Waals surface area contributed by atoms with Gasteiger partial charge in [-0.25, -0.2) is 0 Å². The fourth-order valence-corrected chi connectivity index (χ4v) is 2.17. The fraction of sp³-hybridized carbons (Fsp3) is 0.600. The number of benzene rings is 1. The molecule has 1 rings (SSSR count). The molecule has 18 heavy (non-hydrogen) atoms. The highest BCUT2D eigenvalue weighted by atomic mass is 16.3. The Bertz CT molecular complexity index is 335. The summed E-state index contributed by atoms with van der Waals surface area (Å²) >= 11 is 0. The molecule has 0 fully saturated rings. The summed E-state index contributed by atoms with van der Waals surface area (Å²) < 4.78 is 0. The maximum Gasteiger partial charge on any atom is 0.0606 e. The summed E-state index contributed by atoms with van der Waals surface area (Å²) in [5.41, 5.74) is 2.47. The molecule has 0 saturated carbocycles. The average molecular weight is 250 g/mol. The van der Waals surface area contributed by atoms with Gasteiger partial charge in [-0.15, -0.1) is 0 Å². The van der Waals surface area contributed by atoms with Crippen molar-refractivity contribution in [1.82, 2.24) is 5.32 Å². The van der Waals surface area contributed by atoms with Crippen LogP contribution in [0.15, 0.2) is 24.3 Å². The topological polar surface area (TPSA) is 35.5 Å². The van der Waals surface area contributed by atoms with Crippen molar-refractivity contribution in [1.29, 1.82) is 0 Å². The second kappa shape index (κ2) is 7.39. The van der Waals surface area contributed by atoms with Crippen molar-refractivity contribution in [3.05, 3.63) is 29.8 Å². The van der Waals surface area contributed by atoms with E-state index in [4.69, 9.17) is 5.11 Å². The number of hydrogen-bond donors (Lipinski definition) is 2. The van der Waals surface area contributed by atoms with Crippen LogP contribution in [0.5, 0.6) is 0 Å². The number of nitrogens with zero attached hydrogens (tertiary/aromatic N) is 1. The third kappa shape index (κ3) is 4.00. The lowest BCUT2D eigenvalue weighted by molar-refractivity contribution is 0.299. The molecule has 1 atom stereocenters. The molecular weight excluding hydrogens is 224 g/mol. The van der Waals surface area contributed by atoms with E-state index in [-0.39, 0.29) is 6.61 Å². The normalized spacial score (nSPS) is 12.8. The van der Waals surface area contributed by atoms with Gasteiger partial charge in [0.1, 0.15) is 0 Å². The lowest BCUT2D eigenvalue weighted by atomic mass is 10.1. The molecule has 102 valence electrons. The highest BCUT2D eigenvalue weighted by molar-refractivity contribution is 5.48. The molecule has 0 heterocycles. The zero-order valence-corrected chi connectivity index (χ0v) is 12.0. The SMILES string of the molecule is CCNC(C)c1ccc(N(CCO)C(C)C)cc1. The largest absolute Gasteiger partial charge is 0.395 e. The summed E-state index contributed by atoms with van der Waals surface area (Å²) in [6.45, 7) is 10.4. The lowest BCUT2D eigenvalue weighted by Gasteiger charge is -2.28. The van der Waals surface area contributed by atoms with Crippen molar-refractivity contribution >= 4 is 5.69 Å². The van der Waals surface area contributed by atoms with Crippen molar-refractivity contribution in [3.8, 4) is 0 Å². The van der Waals surface area contributed by atoms with E-state index in [1.807, 2.05) is 0 Å². The van der Waals surface area contributed by atoms with E-state index in [1.165, 1.54) is 11.3 Å². The number of nitrogens with one attached hydrogen (secondary N) is 1. The summed E-state index contributed by atoms with van der Waals surface area (Å²) in [6, 6.07) is 9.38. The minimum absolute atomic E-state index is 0.188. The molecule has 0 amide bonds. The highest BCUT2D eigenvalue weighted by Gasteiger charge is 2.10. The minimum Gasteiger partial charge on any atom is -0.395 e. The molecule has 3 nitrogen and oxygen atoms in total. The van der Waals surface area contributed by atoms with Crippen LogP contribution in [0.3, 0.4) is 0 Å². The molecule has 1 unspecified atom stereocenters.